The Morgan fingerprint density at radius 3 is 2.56 bits per heavy atom. The summed E-state index contributed by atoms with van der Waals surface area (Å²) in [6.07, 6.45) is -0.222. The Hall–Kier alpha value is -3.21. The molecule has 180 valence electrons. The maximum atomic E-state index is 13.1. The van der Waals surface area contributed by atoms with Gasteiger partial charge in [-0.3, -0.25) is 19.0 Å². The lowest BCUT2D eigenvalue weighted by Gasteiger charge is -2.33. The molecule has 1 unspecified atom stereocenters. The van der Waals surface area contributed by atoms with Gasteiger partial charge in [0, 0.05) is 18.3 Å². The molecular weight excluding hydrogens is 469 g/mol. The van der Waals surface area contributed by atoms with Crippen LogP contribution in [-0.2, 0) is 17.5 Å². The van der Waals surface area contributed by atoms with Gasteiger partial charge in [0.1, 0.15) is 11.4 Å². The smallest absolute Gasteiger partial charge is 0.338 e. The van der Waals surface area contributed by atoms with Crippen LogP contribution < -0.4 is 10.9 Å². The molecule has 1 aliphatic heterocycles. The number of hydrogen-bond donors (Lipinski definition) is 1. The second-order valence-corrected chi connectivity index (χ2v) is 9.37. The van der Waals surface area contributed by atoms with Gasteiger partial charge in [0.15, 0.2) is 0 Å². The van der Waals surface area contributed by atoms with Gasteiger partial charge in [-0.1, -0.05) is 0 Å². The van der Waals surface area contributed by atoms with Gasteiger partial charge < -0.3 is 10.2 Å². The minimum Gasteiger partial charge on any atom is -0.338 e. The Balaban J connectivity index is 1.56. The summed E-state index contributed by atoms with van der Waals surface area (Å²) in [6.45, 7) is 4.14. The second kappa shape index (κ2) is 9.21. The van der Waals surface area contributed by atoms with Gasteiger partial charge in [-0.15, -0.1) is 11.3 Å². The molecule has 0 radical (unpaired) electrons. The third-order valence-electron chi connectivity index (χ3n) is 6.02. The van der Waals surface area contributed by atoms with E-state index in [4.69, 9.17) is 0 Å². The van der Waals surface area contributed by atoms with E-state index in [9.17, 15) is 27.6 Å². The van der Waals surface area contributed by atoms with Crippen LogP contribution in [0.2, 0.25) is 0 Å². The molecule has 2 aromatic heterocycles. The fraction of sp³-hybridized carbons (Fsp3) is 0.391. The lowest BCUT2D eigenvalue weighted by molar-refractivity contribution is -0.137. The second-order valence-electron chi connectivity index (χ2n) is 8.38. The molecule has 1 fully saturated rings. The van der Waals surface area contributed by atoms with E-state index in [1.165, 1.54) is 23.0 Å². The van der Waals surface area contributed by atoms with Crippen molar-refractivity contribution in [3.05, 3.63) is 57.0 Å². The SMILES string of the molecule is Cc1c(C(=O)Nc2ccc(C(F)(F)F)cc2)sc2ncn(CC(=O)N3CCCCC3C)c(=O)c12. The molecule has 1 aromatic carbocycles. The number of benzene rings is 1. The molecule has 1 N–H and O–H groups in total. The summed E-state index contributed by atoms with van der Waals surface area (Å²) < 4.78 is 39.5. The van der Waals surface area contributed by atoms with Gasteiger partial charge in [0.25, 0.3) is 11.5 Å². The van der Waals surface area contributed by atoms with Crippen molar-refractivity contribution in [2.24, 2.45) is 0 Å². The first kappa shape index (κ1) is 23.9. The Kier molecular flexibility index (Phi) is 6.48. The number of fused-ring (bicyclic) bond motifs is 1. The van der Waals surface area contributed by atoms with E-state index in [0.29, 0.717) is 16.9 Å². The normalized spacial score (nSPS) is 16.6. The molecule has 11 heteroatoms. The molecule has 0 aliphatic carbocycles. The quantitative estimate of drug-likeness (QED) is 0.584. The summed E-state index contributed by atoms with van der Waals surface area (Å²) in [5, 5.41) is 2.81. The molecule has 1 atom stereocenters. The van der Waals surface area contributed by atoms with Crippen molar-refractivity contribution >= 4 is 39.1 Å². The Bertz CT molecular complexity index is 1300. The summed E-state index contributed by atoms with van der Waals surface area (Å²) in [5.74, 6) is -0.701. The zero-order valence-electron chi connectivity index (χ0n) is 18.6. The topological polar surface area (TPSA) is 84.3 Å². The predicted octanol–water partition coefficient (Wildman–Crippen LogP) is 4.44. The van der Waals surface area contributed by atoms with Gasteiger partial charge >= 0.3 is 6.18 Å². The number of likely N-dealkylation sites (tertiary alicyclic amines) is 1. The average Bonchev–Trinajstić information content (AvgIpc) is 3.13. The Labute approximate surface area is 197 Å². The van der Waals surface area contributed by atoms with E-state index >= 15 is 0 Å². The van der Waals surface area contributed by atoms with Crippen molar-refractivity contribution in [1.82, 2.24) is 14.5 Å². The van der Waals surface area contributed by atoms with Crippen LogP contribution >= 0.6 is 11.3 Å². The van der Waals surface area contributed by atoms with E-state index in [-0.39, 0.29) is 34.4 Å². The molecule has 7 nitrogen and oxygen atoms in total. The zero-order chi connectivity index (χ0) is 24.6. The van der Waals surface area contributed by atoms with Crippen LogP contribution in [0.3, 0.4) is 0 Å². The zero-order valence-corrected chi connectivity index (χ0v) is 19.4. The summed E-state index contributed by atoms with van der Waals surface area (Å²) in [7, 11) is 0. The molecule has 0 bridgehead atoms. The number of rotatable bonds is 4. The fourth-order valence-corrected chi connectivity index (χ4v) is 5.16. The van der Waals surface area contributed by atoms with Gasteiger partial charge in [-0.05, 0) is 62.9 Å². The monoisotopic (exact) mass is 492 g/mol. The van der Waals surface area contributed by atoms with Crippen LogP contribution in [-0.4, -0.2) is 38.9 Å². The van der Waals surface area contributed by atoms with Crippen molar-refractivity contribution in [2.75, 3.05) is 11.9 Å². The molecule has 1 aliphatic rings. The number of anilines is 1. The van der Waals surface area contributed by atoms with Crippen LogP contribution in [0, 0.1) is 6.92 Å². The van der Waals surface area contributed by atoms with Crippen LogP contribution in [0.25, 0.3) is 10.2 Å². The Morgan fingerprint density at radius 2 is 1.91 bits per heavy atom. The lowest BCUT2D eigenvalue weighted by Crippen LogP contribution is -2.44. The maximum Gasteiger partial charge on any atom is 0.416 e. The number of carbonyl (C=O) groups is 2. The minimum atomic E-state index is -4.47. The van der Waals surface area contributed by atoms with Crippen molar-refractivity contribution in [3.8, 4) is 0 Å². The van der Waals surface area contributed by atoms with Gasteiger partial charge in [-0.25, -0.2) is 4.98 Å². The molecular formula is C23H23F3N4O3S. The van der Waals surface area contributed by atoms with Gasteiger partial charge in [-0.2, -0.15) is 13.2 Å². The summed E-state index contributed by atoms with van der Waals surface area (Å²) in [4.78, 5) is 45.3. The molecule has 3 heterocycles. The van der Waals surface area contributed by atoms with E-state index < -0.39 is 23.2 Å². The van der Waals surface area contributed by atoms with Crippen molar-refractivity contribution in [2.45, 2.75) is 51.9 Å². The van der Waals surface area contributed by atoms with Crippen LogP contribution in [0.5, 0.6) is 0 Å². The van der Waals surface area contributed by atoms with Crippen LogP contribution in [0.1, 0.15) is 47.0 Å². The van der Waals surface area contributed by atoms with E-state index in [0.717, 1.165) is 42.7 Å². The third kappa shape index (κ3) is 4.70. The summed E-state index contributed by atoms with van der Waals surface area (Å²) in [6, 6.07) is 4.22. The van der Waals surface area contributed by atoms with E-state index in [2.05, 4.69) is 10.3 Å². The number of aromatic nitrogens is 2. The number of amides is 2. The summed E-state index contributed by atoms with van der Waals surface area (Å²) >= 11 is 1.02. The highest BCUT2D eigenvalue weighted by Gasteiger charge is 2.30. The number of piperidine rings is 1. The third-order valence-corrected chi connectivity index (χ3v) is 7.22. The van der Waals surface area contributed by atoms with E-state index in [1.54, 1.807) is 11.8 Å². The number of hydrogen-bond acceptors (Lipinski definition) is 5. The standard InChI is InChI=1S/C23H23F3N4O3S/c1-13-5-3-4-10-30(13)17(31)11-29-12-27-21-18(22(29)33)14(2)19(34-21)20(32)28-16-8-6-15(7-9-16)23(24,25)26/h6-9,12-13H,3-5,10-11H2,1-2H3,(H,28,32). The number of nitrogens with zero attached hydrogens (tertiary/aromatic N) is 3. The van der Waals surface area contributed by atoms with Crippen LogP contribution in [0.4, 0.5) is 18.9 Å². The predicted molar refractivity (Wildman–Crippen MR) is 123 cm³/mol. The first-order valence-corrected chi connectivity index (χ1v) is 11.6. The molecule has 1 saturated heterocycles. The van der Waals surface area contributed by atoms with Gasteiger partial charge in [0.05, 0.1) is 22.2 Å². The molecule has 3 aromatic rings. The number of halogens is 3. The molecule has 34 heavy (non-hydrogen) atoms. The van der Waals surface area contributed by atoms with Crippen molar-refractivity contribution < 1.29 is 22.8 Å². The Morgan fingerprint density at radius 1 is 1.21 bits per heavy atom. The highest BCUT2D eigenvalue weighted by Crippen LogP contribution is 2.31. The largest absolute Gasteiger partial charge is 0.416 e. The maximum absolute atomic E-state index is 13.1. The first-order chi connectivity index (χ1) is 16.1. The van der Waals surface area contributed by atoms with E-state index in [1.807, 2.05) is 6.92 Å². The number of aryl methyl sites for hydroxylation is 1. The summed E-state index contributed by atoms with van der Waals surface area (Å²) in [5.41, 5.74) is -0.622. The highest BCUT2D eigenvalue weighted by atomic mass is 32.1. The molecule has 4 rings (SSSR count). The average molecular weight is 493 g/mol. The number of nitrogens with one attached hydrogen (secondary N) is 1. The van der Waals surface area contributed by atoms with Crippen molar-refractivity contribution in [1.29, 1.82) is 0 Å². The number of thiophene rings is 1. The first-order valence-electron chi connectivity index (χ1n) is 10.8. The van der Waals surface area contributed by atoms with Crippen molar-refractivity contribution in [3.63, 3.8) is 0 Å². The fourth-order valence-electron chi connectivity index (χ4n) is 4.12. The van der Waals surface area contributed by atoms with Crippen LogP contribution in [0.15, 0.2) is 35.4 Å². The molecule has 0 spiro atoms. The molecule has 2 amide bonds. The number of carbonyl (C=O) groups excluding carboxylic acids is 2. The number of alkyl halides is 3. The lowest BCUT2D eigenvalue weighted by atomic mass is 10.0. The van der Waals surface area contributed by atoms with Gasteiger partial charge in [0.2, 0.25) is 5.91 Å². The minimum absolute atomic E-state index is 0.122. The highest BCUT2D eigenvalue weighted by molar-refractivity contribution is 7.20. The molecule has 0 saturated carbocycles.